The summed E-state index contributed by atoms with van der Waals surface area (Å²) < 4.78 is 12.3. The molecule has 0 aliphatic carbocycles. The van der Waals surface area contributed by atoms with E-state index in [1.54, 1.807) is 18.2 Å². The molecule has 2 aromatic carbocycles. The Balaban J connectivity index is 2.06. The van der Waals surface area contributed by atoms with E-state index in [0.29, 0.717) is 35.4 Å². The van der Waals surface area contributed by atoms with Gasteiger partial charge in [0, 0.05) is 10.5 Å². The molecular weight excluding hydrogens is 430 g/mol. The lowest BCUT2D eigenvalue weighted by atomic mass is 10.2. The number of hydrogen-bond donors (Lipinski definition) is 1. The lowest BCUT2D eigenvalue weighted by molar-refractivity contribution is -0.111. The Labute approximate surface area is 173 Å². The van der Waals surface area contributed by atoms with E-state index in [9.17, 15) is 4.79 Å². The van der Waals surface area contributed by atoms with Crippen LogP contribution >= 0.6 is 27.5 Å². The molecule has 0 fully saturated rings. The van der Waals surface area contributed by atoms with Gasteiger partial charge in [-0.1, -0.05) is 46.9 Å². The van der Waals surface area contributed by atoms with E-state index < -0.39 is 0 Å². The summed E-state index contributed by atoms with van der Waals surface area (Å²) in [6.07, 6.45) is 5.25. The maximum Gasteiger partial charge on any atom is 0.248 e. The Kier molecular flexibility index (Phi) is 8.69. The topological polar surface area (TPSA) is 47.6 Å². The Morgan fingerprint density at radius 3 is 2.67 bits per heavy atom. The van der Waals surface area contributed by atoms with E-state index in [1.165, 1.54) is 6.08 Å². The van der Waals surface area contributed by atoms with Gasteiger partial charge in [-0.15, -0.1) is 0 Å². The van der Waals surface area contributed by atoms with Crippen molar-refractivity contribution in [3.63, 3.8) is 0 Å². The highest BCUT2D eigenvalue weighted by Crippen LogP contribution is 2.29. The zero-order chi connectivity index (χ0) is 19.6. The van der Waals surface area contributed by atoms with Crippen molar-refractivity contribution in [2.45, 2.75) is 26.7 Å². The van der Waals surface area contributed by atoms with Gasteiger partial charge in [0.15, 0.2) is 11.5 Å². The summed E-state index contributed by atoms with van der Waals surface area (Å²) in [6.45, 7) is 5.24. The van der Waals surface area contributed by atoms with Crippen LogP contribution in [0.3, 0.4) is 0 Å². The number of rotatable bonds is 9. The fourth-order valence-corrected chi connectivity index (χ4v) is 3.00. The van der Waals surface area contributed by atoms with Gasteiger partial charge < -0.3 is 14.8 Å². The van der Waals surface area contributed by atoms with E-state index in [4.69, 9.17) is 21.1 Å². The number of benzene rings is 2. The van der Waals surface area contributed by atoms with Gasteiger partial charge in [-0.05, 0) is 55.3 Å². The van der Waals surface area contributed by atoms with Crippen molar-refractivity contribution in [2.24, 2.45) is 0 Å². The SMILES string of the molecule is CCCCOc1ccc(/C=C/C(=O)Nc2ccc(Br)cc2Cl)cc1OCC. The average Bonchev–Trinajstić information content (AvgIpc) is 2.64. The fraction of sp³-hybridized carbons (Fsp3) is 0.286. The minimum Gasteiger partial charge on any atom is -0.490 e. The molecule has 0 aromatic heterocycles. The van der Waals surface area contributed by atoms with Crippen molar-refractivity contribution < 1.29 is 14.3 Å². The molecule has 1 amide bonds. The molecule has 0 spiro atoms. The van der Waals surface area contributed by atoms with E-state index >= 15 is 0 Å². The predicted octanol–water partition coefficient (Wildman–Crippen LogP) is 6.33. The van der Waals surface area contributed by atoms with Gasteiger partial charge in [0.2, 0.25) is 5.91 Å². The Morgan fingerprint density at radius 1 is 1.15 bits per heavy atom. The summed E-state index contributed by atoms with van der Waals surface area (Å²) >= 11 is 9.45. The fourth-order valence-electron chi connectivity index (χ4n) is 2.28. The molecule has 0 heterocycles. The number of carbonyl (C=O) groups is 1. The minimum atomic E-state index is -0.263. The van der Waals surface area contributed by atoms with Crippen molar-refractivity contribution in [1.29, 1.82) is 0 Å². The molecule has 6 heteroatoms. The molecule has 0 aliphatic rings. The second-order valence-corrected chi connectivity index (χ2v) is 7.11. The average molecular weight is 453 g/mol. The van der Waals surface area contributed by atoms with Crippen molar-refractivity contribution in [3.8, 4) is 11.5 Å². The van der Waals surface area contributed by atoms with Crippen molar-refractivity contribution in [3.05, 3.63) is 57.5 Å². The van der Waals surface area contributed by atoms with Gasteiger partial charge in [-0.2, -0.15) is 0 Å². The van der Waals surface area contributed by atoms with Crippen molar-refractivity contribution in [2.75, 3.05) is 18.5 Å². The van der Waals surface area contributed by atoms with Crippen LogP contribution in [0.1, 0.15) is 32.3 Å². The molecule has 0 saturated heterocycles. The van der Waals surface area contributed by atoms with Crippen LogP contribution in [-0.4, -0.2) is 19.1 Å². The second kappa shape index (κ2) is 11.0. The summed E-state index contributed by atoms with van der Waals surface area (Å²) in [5.74, 6) is 1.13. The van der Waals surface area contributed by atoms with Crippen LogP contribution in [-0.2, 0) is 4.79 Å². The smallest absolute Gasteiger partial charge is 0.248 e. The van der Waals surface area contributed by atoms with Crippen molar-refractivity contribution in [1.82, 2.24) is 0 Å². The zero-order valence-electron chi connectivity index (χ0n) is 15.4. The van der Waals surface area contributed by atoms with Gasteiger partial charge in [0.1, 0.15) is 0 Å². The first-order valence-corrected chi connectivity index (χ1v) is 10.0. The Morgan fingerprint density at radius 2 is 1.96 bits per heavy atom. The molecule has 144 valence electrons. The lowest BCUT2D eigenvalue weighted by Gasteiger charge is -2.12. The Bertz CT molecular complexity index is 808. The first-order chi connectivity index (χ1) is 13.0. The quantitative estimate of drug-likeness (QED) is 0.357. The molecule has 27 heavy (non-hydrogen) atoms. The monoisotopic (exact) mass is 451 g/mol. The molecule has 0 radical (unpaired) electrons. The molecule has 0 unspecified atom stereocenters. The third-order valence-electron chi connectivity index (χ3n) is 3.64. The van der Waals surface area contributed by atoms with Crippen LogP contribution in [0.25, 0.3) is 6.08 Å². The number of hydrogen-bond acceptors (Lipinski definition) is 3. The first kappa shape index (κ1) is 21.3. The molecule has 4 nitrogen and oxygen atoms in total. The zero-order valence-corrected chi connectivity index (χ0v) is 17.8. The first-order valence-electron chi connectivity index (χ1n) is 8.87. The molecule has 1 N–H and O–H groups in total. The van der Waals surface area contributed by atoms with Crippen molar-refractivity contribution >= 4 is 45.2 Å². The third-order valence-corrected chi connectivity index (χ3v) is 4.45. The number of nitrogens with one attached hydrogen (secondary N) is 1. The van der Waals surface area contributed by atoms with Gasteiger partial charge in [0.05, 0.1) is 23.9 Å². The number of unbranched alkanes of at least 4 members (excludes halogenated alkanes) is 1. The highest BCUT2D eigenvalue weighted by molar-refractivity contribution is 9.10. The molecule has 2 aromatic rings. The normalized spacial score (nSPS) is 10.8. The third kappa shape index (κ3) is 6.92. The summed E-state index contributed by atoms with van der Waals surface area (Å²) in [5, 5.41) is 3.23. The van der Waals surface area contributed by atoms with E-state index in [0.717, 1.165) is 22.9 Å². The summed E-state index contributed by atoms with van der Waals surface area (Å²) in [7, 11) is 0. The van der Waals surface area contributed by atoms with Gasteiger partial charge in [0.25, 0.3) is 0 Å². The Hall–Kier alpha value is -1.98. The summed E-state index contributed by atoms with van der Waals surface area (Å²) in [4.78, 5) is 12.2. The predicted molar refractivity (Wildman–Crippen MR) is 115 cm³/mol. The molecule has 2 rings (SSSR count). The van der Waals surface area contributed by atoms with Crippen LogP contribution in [0.4, 0.5) is 5.69 Å². The highest BCUT2D eigenvalue weighted by Gasteiger charge is 2.07. The van der Waals surface area contributed by atoms with Crippen LogP contribution in [0.15, 0.2) is 46.9 Å². The summed E-state index contributed by atoms with van der Waals surface area (Å²) in [6, 6.07) is 10.9. The van der Waals surface area contributed by atoms with Gasteiger partial charge in [-0.25, -0.2) is 0 Å². The number of carbonyl (C=O) groups excluding carboxylic acids is 1. The standard InChI is InChI=1S/C21H23BrClNO3/c1-3-5-12-27-19-10-6-15(13-20(19)26-4-2)7-11-21(25)24-18-9-8-16(22)14-17(18)23/h6-11,13-14H,3-5,12H2,1-2H3,(H,24,25)/b11-7+. The van der Waals surface area contributed by atoms with E-state index in [2.05, 4.69) is 28.2 Å². The van der Waals surface area contributed by atoms with Crippen LogP contribution in [0, 0.1) is 0 Å². The van der Waals surface area contributed by atoms with E-state index in [1.807, 2.05) is 31.2 Å². The van der Waals surface area contributed by atoms with Crippen LogP contribution in [0.5, 0.6) is 11.5 Å². The maximum atomic E-state index is 12.2. The van der Waals surface area contributed by atoms with Crippen LogP contribution in [0.2, 0.25) is 5.02 Å². The maximum absolute atomic E-state index is 12.2. The second-order valence-electron chi connectivity index (χ2n) is 5.79. The largest absolute Gasteiger partial charge is 0.490 e. The van der Waals surface area contributed by atoms with Gasteiger partial charge in [-0.3, -0.25) is 4.79 Å². The molecule has 0 atom stereocenters. The summed E-state index contributed by atoms with van der Waals surface area (Å²) in [5.41, 5.74) is 1.41. The van der Waals surface area contributed by atoms with Gasteiger partial charge >= 0.3 is 0 Å². The number of anilines is 1. The van der Waals surface area contributed by atoms with E-state index in [-0.39, 0.29) is 5.91 Å². The highest BCUT2D eigenvalue weighted by atomic mass is 79.9. The number of amides is 1. The van der Waals surface area contributed by atoms with Crippen LogP contribution < -0.4 is 14.8 Å². The molecular formula is C21H23BrClNO3. The number of halogens is 2. The lowest BCUT2D eigenvalue weighted by Crippen LogP contribution is -2.08. The molecule has 0 saturated carbocycles. The number of ether oxygens (including phenoxy) is 2. The molecule has 0 bridgehead atoms. The molecule has 0 aliphatic heterocycles. The minimum absolute atomic E-state index is 0.263.